The number of hydrogen-bond acceptors (Lipinski definition) is 2. The molecule has 1 aromatic rings. The number of carbonyl (C=O) groups is 2. The molecule has 2 saturated carbocycles. The van der Waals surface area contributed by atoms with Gasteiger partial charge in [0.15, 0.2) is 0 Å². The molecule has 0 heterocycles. The van der Waals surface area contributed by atoms with Crippen molar-refractivity contribution in [1.82, 2.24) is 0 Å². The molecule has 3 rings (SSSR count). The van der Waals surface area contributed by atoms with Crippen LogP contribution in [-0.4, -0.2) is 11.8 Å². The van der Waals surface area contributed by atoms with E-state index in [-0.39, 0.29) is 5.91 Å². The number of para-hydroxylation sites is 1. The van der Waals surface area contributed by atoms with Crippen LogP contribution < -0.4 is 11.1 Å². The fourth-order valence-corrected chi connectivity index (χ4v) is 3.87. The van der Waals surface area contributed by atoms with E-state index in [9.17, 15) is 9.59 Å². The standard InChI is InChI=1S/C16H20N2O2/c17-16(20)13-3-1-2-4-14(13)18-15(19)9-12-8-10-5-6-11(12)7-10/h1-4,10-12H,5-9H2,(H2,17,20)(H,18,19). The number of anilines is 1. The minimum absolute atomic E-state index is 0.00347. The molecule has 0 aliphatic heterocycles. The van der Waals surface area contributed by atoms with Crippen LogP contribution in [0.15, 0.2) is 24.3 Å². The van der Waals surface area contributed by atoms with Crippen LogP contribution in [0.3, 0.4) is 0 Å². The van der Waals surface area contributed by atoms with Crippen molar-refractivity contribution in [3.8, 4) is 0 Å². The predicted molar refractivity (Wildman–Crippen MR) is 77.1 cm³/mol. The van der Waals surface area contributed by atoms with E-state index in [1.54, 1.807) is 24.3 Å². The van der Waals surface area contributed by atoms with Crippen molar-refractivity contribution < 1.29 is 9.59 Å². The van der Waals surface area contributed by atoms with Gasteiger partial charge >= 0.3 is 0 Å². The summed E-state index contributed by atoms with van der Waals surface area (Å²) in [7, 11) is 0. The third-order valence-electron chi connectivity index (χ3n) is 4.80. The Morgan fingerprint density at radius 2 is 2.00 bits per heavy atom. The van der Waals surface area contributed by atoms with Gasteiger partial charge in [0.2, 0.25) is 5.91 Å². The second-order valence-electron chi connectivity index (χ2n) is 6.10. The van der Waals surface area contributed by atoms with E-state index in [1.807, 2.05) is 0 Å². The van der Waals surface area contributed by atoms with Crippen molar-refractivity contribution in [2.45, 2.75) is 32.1 Å². The van der Waals surface area contributed by atoms with Crippen molar-refractivity contribution in [3.05, 3.63) is 29.8 Å². The molecule has 0 spiro atoms. The Labute approximate surface area is 118 Å². The molecule has 0 saturated heterocycles. The summed E-state index contributed by atoms with van der Waals surface area (Å²) in [4.78, 5) is 23.5. The summed E-state index contributed by atoms with van der Waals surface area (Å²) in [6.07, 6.45) is 5.67. The summed E-state index contributed by atoms with van der Waals surface area (Å²) >= 11 is 0. The van der Waals surface area contributed by atoms with E-state index in [4.69, 9.17) is 5.73 Å². The molecule has 3 atom stereocenters. The first-order valence-corrected chi connectivity index (χ1v) is 7.32. The Bertz CT molecular complexity index is 541. The van der Waals surface area contributed by atoms with Crippen LogP contribution in [0.4, 0.5) is 5.69 Å². The maximum Gasteiger partial charge on any atom is 0.250 e. The highest BCUT2D eigenvalue weighted by atomic mass is 16.2. The maximum atomic E-state index is 12.2. The molecular formula is C16H20N2O2. The summed E-state index contributed by atoms with van der Waals surface area (Å²) in [6.45, 7) is 0. The molecule has 4 heteroatoms. The van der Waals surface area contributed by atoms with Crippen LogP contribution in [0.5, 0.6) is 0 Å². The van der Waals surface area contributed by atoms with Gasteiger partial charge in [0, 0.05) is 6.42 Å². The predicted octanol–water partition coefficient (Wildman–Crippen LogP) is 2.55. The first kappa shape index (κ1) is 13.2. The van der Waals surface area contributed by atoms with Crippen LogP contribution in [-0.2, 0) is 4.79 Å². The SMILES string of the molecule is NC(=O)c1ccccc1NC(=O)CC1CC2CCC1C2. The Balaban J connectivity index is 1.63. The molecule has 2 fully saturated rings. The third-order valence-corrected chi connectivity index (χ3v) is 4.80. The fourth-order valence-electron chi connectivity index (χ4n) is 3.87. The molecule has 106 valence electrons. The fraction of sp³-hybridized carbons (Fsp3) is 0.500. The molecule has 4 nitrogen and oxygen atoms in total. The number of nitrogens with one attached hydrogen (secondary N) is 1. The lowest BCUT2D eigenvalue weighted by Gasteiger charge is -2.21. The number of hydrogen-bond donors (Lipinski definition) is 2. The third kappa shape index (κ3) is 2.55. The van der Waals surface area contributed by atoms with Gasteiger partial charge in [-0.05, 0) is 49.1 Å². The van der Waals surface area contributed by atoms with Gasteiger partial charge in [-0.3, -0.25) is 9.59 Å². The summed E-state index contributed by atoms with van der Waals surface area (Å²) in [5.74, 6) is 1.58. The number of carbonyl (C=O) groups excluding carboxylic acids is 2. The highest BCUT2D eigenvalue weighted by molar-refractivity contribution is 6.03. The highest BCUT2D eigenvalue weighted by Crippen LogP contribution is 2.49. The first-order valence-electron chi connectivity index (χ1n) is 7.32. The molecule has 2 aliphatic rings. The van der Waals surface area contributed by atoms with E-state index in [0.717, 1.165) is 11.8 Å². The van der Waals surface area contributed by atoms with Crippen molar-refractivity contribution in [1.29, 1.82) is 0 Å². The number of fused-ring (bicyclic) bond motifs is 2. The largest absolute Gasteiger partial charge is 0.366 e. The summed E-state index contributed by atoms with van der Waals surface area (Å²) < 4.78 is 0. The molecule has 3 N–H and O–H groups in total. The lowest BCUT2D eigenvalue weighted by molar-refractivity contribution is -0.117. The minimum atomic E-state index is -0.513. The van der Waals surface area contributed by atoms with Crippen molar-refractivity contribution >= 4 is 17.5 Å². The van der Waals surface area contributed by atoms with Crippen LogP contribution in [0.25, 0.3) is 0 Å². The highest BCUT2D eigenvalue weighted by Gasteiger charge is 2.40. The molecule has 2 aliphatic carbocycles. The van der Waals surface area contributed by atoms with E-state index >= 15 is 0 Å². The zero-order valence-corrected chi connectivity index (χ0v) is 11.5. The Hall–Kier alpha value is -1.84. The zero-order valence-electron chi connectivity index (χ0n) is 11.5. The van der Waals surface area contributed by atoms with Crippen LogP contribution >= 0.6 is 0 Å². The molecule has 2 amide bonds. The van der Waals surface area contributed by atoms with Gasteiger partial charge < -0.3 is 11.1 Å². The number of primary amides is 1. The maximum absolute atomic E-state index is 12.2. The van der Waals surface area contributed by atoms with Crippen molar-refractivity contribution in [2.75, 3.05) is 5.32 Å². The van der Waals surface area contributed by atoms with Gasteiger partial charge in [0.25, 0.3) is 5.91 Å². The van der Waals surface area contributed by atoms with Crippen LogP contribution in [0.1, 0.15) is 42.5 Å². The normalized spacial score (nSPS) is 27.5. The van der Waals surface area contributed by atoms with Gasteiger partial charge in [-0.1, -0.05) is 18.6 Å². The van der Waals surface area contributed by atoms with E-state index in [1.165, 1.54) is 25.7 Å². The average Bonchev–Trinajstić information content (AvgIpc) is 3.01. The van der Waals surface area contributed by atoms with Crippen LogP contribution in [0.2, 0.25) is 0 Å². The van der Waals surface area contributed by atoms with Crippen molar-refractivity contribution in [3.63, 3.8) is 0 Å². The van der Waals surface area contributed by atoms with Gasteiger partial charge in [-0.2, -0.15) is 0 Å². The summed E-state index contributed by atoms with van der Waals surface area (Å²) in [6, 6.07) is 6.89. The van der Waals surface area contributed by atoms with Gasteiger partial charge in [0.1, 0.15) is 0 Å². The zero-order chi connectivity index (χ0) is 14.1. The average molecular weight is 272 g/mol. The lowest BCUT2D eigenvalue weighted by atomic mass is 9.86. The molecule has 0 aromatic heterocycles. The lowest BCUT2D eigenvalue weighted by Crippen LogP contribution is -2.22. The molecular weight excluding hydrogens is 252 g/mol. The Morgan fingerprint density at radius 1 is 1.20 bits per heavy atom. The van der Waals surface area contributed by atoms with Gasteiger partial charge in [0.05, 0.1) is 11.3 Å². The first-order chi connectivity index (χ1) is 9.63. The monoisotopic (exact) mass is 272 g/mol. The second-order valence-corrected chi connectivity index (χ2v) is 6.10. The number of nitrogens with two attached hydrogens (primary N) is 1. The van der Waals surface area contributed by atoms with Gasteiger partial charge in [-0.25, -0.2) is 0 Å². The topological polar surface area (TPSA) is 72.2 Å². The Kier molecular flexibility index (Phi) is 3.47. The summed E-state index contributed by atoms with van der Waals surface area (Å²) in [5, 5.41) is 2.84. The number of benzene rings is 1. The molecule has 3 unspecified atom stereocenters. The second kappa shape index (κ2) is 5.27. The van der Waals surface area contributed by atoms with Crippen molar-refractivity contribution in [2.24, 2.45) is 23.5 Å². The van der Waals surface area contributed by atoms with E-state index in [2.05, 4.69) is 5.32 Å². The smallest absolute Gasteiger partial charge is 0.250 e. The van der Waals surface area contributed by atoms with Gasteiger partial charge in [-0.15, -0.1) is 0 Å². The Morgan fingerprint density at radius 3 is 2.65 bits per heavy atom. The molecule has 1 aromatic carbocycles. The summed E-state index contributed by atoms with van der Waals surface area (Å²) in [5.41, 5.74) is 6.20. The van der Waals surface area contributed by atoms with Crippen LogP contribution in [0, 0.1) is 17.8 Å². The molecule has 2 bridgehead atoms. The number of rotatable bonds is 4. The number of amides is 2. The quantitative estimate of drug-likeness (QED) is 0.884. The van der Waals surface area contributed by atoms with E-state index < -0.39 is 5.91 Å². The molecule has 0 radical (unpaired) electrons. The van der Waals surface area contributed by atoms with E-state index in [0.29, 0.717) is 23.6 Å². The molecule has 20 heavy (non-hydrogen) atoms. The minimum Gasteiger partial charge on any atom is -0.366 e.